The van der Waals surface area contributed by atoms with Crippen LogP contribution in [-0.2, 0) is 16.6 Å². The molecule has 2 N–H and O–H groups in total. The molecule has 0 aromatic heterocycles. The van der Waals surface area contributed by atoms with Crippen molar-refractivity contribution in [3.63, 3.8) is 0 Å². The van der Waals surface area contributed by atoms with Crippen LogP contribution in [-0.4, -0.2) is 50.8 Å². The van der Waals surface area contributed by atoms with Gasteiger partial charge in [-0.1, -0.05) is 12.1 Å². The summed E-state index contributed by atoms with van der Waals surface area (Å²) in [5.74, 6) is 0.608. The molecule has 1 aliphatic rings. The van der Waals surface area contributed by atoms with Crippen molar-refractivity contribution in [3.05, 3.63) is 29.8 Å². The fourth-order valence-electron chi connectivity index (χ4n) is 2.91. The largest absolute Gasteiger partial charge is 0.328 e. The Morgan fingerprint density at radius 1 is 1.32 bits per heavy atom. The van der Waals surface area contributed by atoms with Gasteiger partial charge in [0.05, 0.1) is 4.90 Å². The molecule has 0 bridgehead atoms. The highest BCUT2D eigenvalue weighted by Gasteiger charge is 2.22. The molecule has 2 rings (SSSR count). The van der Waals surface area contributed by atoms with Crippen molar-refractivity contribution in [2.45, 2.75) is 37.2 Å². The molecule has 1 fully saturated rings. The molecule has 6 heteroatoms. The van der Waals surface area contributed by atoms with Crippen LogP contribution in [0.25, 0.3) is 0 Å². The zero-order chi connectivity index (χ0) is 16.3. The Balaban J connectivity index is 2.03. The maximum Gasteiger partial charge on any atom is 0.242 e. The highest BCUT2D eigenvalue weighted by molar-refractivity contribution is 7.89. The van der Waals surface area contributed by atoms with Crippen LogP contribution >= 0.6 is 0 Å². The van der Waals surface area contributed by atoms with E-state index in [0.29, 0.717) is 10.8 Å². The molecular formula is C16H27N3O2S. The first kappa shape index (κ1) is 17.4. The molecule has 1 heterocycles. The smallest absolute Gasteiger partial charge is 0.242 e. The van der Waals surface area contributed by atoms with Crippen molar-refractivity contribution >= 4 is 10.0 Å². The monoisotopic (exact) mass is 325 g/mol. The molecule has 1 aliphatic heterocycles. The normalized spacial score (nSPS) is 19.5. The molecule has 1 aromatic rings. The second-order valence-corrected chi connectivity index (χ2v) is 8.56. The number of benzene rings is 1. The SMILES string of the molecule is CC(N)C1CCN(Cc2cccc(S(=O)(=O)N(C)C)c2)CC1. The van der Waals surface area contributed by atoms with Crippen molar-refractivity contribution in [1.29, 1.82) is 0 Å². The van der Waals surface area contributed by atoms with Gasteiger partial charge in [-0.05, 0) is 56.5 Å². The average Bonchev–Trinajstić information content (AvgIpc) is 2.48. The summed E-state index contributed by atoms with van der Waals surface area (Å²) in [5, 5.41) is 0. The average molecular weight is 325 g/mol. The highest BCUT2D eigenvalue weighted by atomic mass is 32.2. The summed E-state index contributed by atoms with van der Waals surface area (Å²) in [6.07, 6.45) is 2.24. The fourth-order valence-corrected chi connectivity index (χ4v) is 3.88. The lowest BCUT2D eigenvalue weighted by Crippen LogP contribution is -2.39. The number of likely N-dealkylation sites (tertiary alicyclic amines) is 1. The van der Waals surface area contributed by atoms with E-state index in [0.717, 1.165) is 38.0 Å². The molecule has 0 radical (unpaired) electrons. The minimum Gasteiger partial charge on any atom is -0.328 e. The Kier molecular flexibility index (Phi) is 5.60. The summed E-state index contributed by atoms with van der Waals surface area (Å²) >= 11 is 0. The van der Waals surface area contributed by atoms with Gasteiger partial charge in [-0.15, -0.1) is 0 Å². The molecular weight excluding hydrogens is 298 g/mol. The Morgan fingerprint density at radius 3 is 2.50 bits per heavy atom. The second kappa shape index (κ2) is 7.08. The predicted octanol–water partition coefficient (Wildman–Crippen LogP) is 1.50. The van der Waals surface area contributed by atoms with Crippen LogP contribution < -0.4 is 5.73 Å². The summed E-state index contributed by atoms with van der Waals surface area (Å²) in [7, 11) is -0.249. The van der Waals surface area contributed by atoms with E-state index in [2.05, 4.69) is 11.8 Å². The minimum atomic E-state index is -3.36. The van der Waals surface area contributed by atoms with Gasteiger partial charge in [-0.25, -0.2) is 12.7 Å². The van der Waals surface area contributed by atoms with E-state index in [-0.39, 0.29) is 6.04 Å². The summed E-state index contributed by atoms with van der Waals surface area (Å²) in [5.41, 5.74) is 7.02. The fraction of sp³-hybridized carbons (Fsp3) is 0.625. The van der Waals surface area contributed by atoms with Gasteiger partial charge in [-0.2, -0.15) is 0 Å². The molecule has 1 atom stereocenters. The van der Waals surface area contributed by atoms with E-state index in [1.165, 1.54) is 4.31 Å². The van der Waals surface area contributed by atoms with Crippen LogP contribution in [0.2, 0.25) is 0 Å². The van der Waals surface area contributed by atoms with Gasteiger partial charge >= 0.3 is 0 Å². The van der Waals surface area contributed by atoms with E-state index >= 15 is 0 Å². The molecule has 1 saturated heterocycles. The number of nitrogens with zero attached hydrogens (tertiary/aromatic N) is 2. The Bertz CT molecular complexity index is 591. The van der Waals surface area contributed by atoms with Crippen LogP contribution in [0, 0.1) is 5.92 Å². The Hall–Kier alpha value is -0.950. The van der Waals surface area contributed by atoms with Crippen LogP contribution in [0.5, 0.6) is 0 Å². The van der Waals surface area contributed by atoms with Gasteiger partial charge in [-0.3, -0.25) is 4.90 Å². The Labute approximate surface area is 134 Å². The summed E-state index contributed by atoms with van der Waals surface area (Å²) in [6, 6.07) is 7.51. The van der Waals surface area contributed by atoms with Gasteiger partial charge in [0.2, 0.25) is 10.0 Å². The molecule has 5 nitrogen and oxygen atoms in total. The van der Waals surface area contributed by atoms with Crippen LogP contribution in [0.15, 0.2) is 29.2 Å². The first-order chi connectivity index (χ1) is 10.3. The summed E-state index contributed by atoms with van der Waals surface area (Å²) in [6.45, 7) is 4.92. The standard InChI is InChI=1S/C16H27N3O2S/c1-13(17)15-7-9-19(10-8-15)12-14-5-4-6-16(11-14)22(20,21)18(2)3/h4-6,11,13,15H,7-10,12,17H2,1-3H3. The van der Waals surface area contributed by atoms with E-state index in [1.54, 1.807) is 26.2 Å². The van der Waals surface area contributed by atoms with Crippen molar-refractivity contribution in [2.75, 3.05) is 27.2 Å². The third-order valence-corrected chi connectivity index (χ3v) is 6.27. The number of piperidine rings is 1. The van der Waals surface area contributed by atoms with Crippen LogP contribution in [0.3, 0.4) is 0 Å². The minimum absolute atomic E-state index is 0.260. The van der Waals surface area contributed by atoms with E-state index in [4.69, 9.17) is 5.73 Å². The van der Waals surface area contributed by atoms with Crippen molar-refractivity contribution in [1.82, 2.24) is 9.21 Å². The maximum absolute atomic E-state index is 12.2. The lowest BCUT2D eigenvalue weighted by Gasteiger charge is -2.33. The zero-order valence-corrected chi connectivity index (χ0v) is 14.5. The number of sulfonamides is 1. The number of rotatable bonds is 5. The second-order valence-electron chi connectivity index (χ2n) is 6.41. The van der Waals surface area contributed by atoms with Gasteiger partial charge in [0.1, 0.15) is 0 Å². The first-order valence-electron chi connectivity index (χ1n) is 7.80. The van der Waals surface area contributed by atoms with Gasteiger partial charge in [0.15, 0.2) is 0 Å². The molecule has 1 aromatic carbocycles. The third-order valence-electron chi connectivity index (χ3n) is 4.46. The third kappa shape index (κ3) is 4.07. The number of hydrogen-bond donors (Lipinski definition) is 1. The van der Waals surface area contributed by atoms with Gasteiger partial charge in [0, 0.05) is 26.7 Å². The van der Waals surface area contributed by atoms with E-state index in [1.807, 2.05) is 12.1 Å². The van der Waals surface area contributed by atoms with Crippen LogP contribution in [0.4, 0.5) is 0 Å². The van der Waals surface area contributed by atoms with Crippen molar-refractivity contribution < 1.29 is 8.42 Å². The molecule has 124 valence electrons. The van der Waals surface area contributed by atoms with Crippen molar-refractivity contribution in [2.24, 2.45) is 11.7 Å². The van der Waals surface area contributed by atoms with Crippen LogP contribution in [0.1, 0.15) is 25.3 Å². The number of nitrogens with two attached hydrogens (primary N) is 1. The first-order valence-corrected chi connectivity index (χ1v) is 9.24. The predicted molar refractivity (Wildman–Crippen MR) is 89.0 cm³/mol. The molecule has 0 spiro atoms. The summed E-state index contributed by atoms with van der Waals surface area (Å²) in [4.78, 5) is 2.74. The van der Waals surface area contributed by atoms with Crippen molar-refractivity contribution in [3.8, 4) is 0 Å². The molecule has 22 heavy (non-hydrogen) atoms. The molecule has 0 saturated carbocycles. The lowest BCUT2D eigenvalue weighted by atomic mass is 9.91. The van der Waals surface area contributed by atoms with E-state index < -0.39 is 10.0 Å². The molecule has 0 amide bonds. The summed E-state index contributed by atoms with van der Waals surface area (Å²) < 4.78 is 25.6. The lowest BCUT2D eigenvalue weighted by molar-refractivity contribution is 0.165. The maximum atomic E-state index is 12.2. The zero-order valence-electron chi connectivity index (χ0n) is 13.7. The van der Waals surface area contributed by atoms with E-state index in [9.17, 15) is 8.42 Å². The molecule has 0 aliphatic carbocycles. The Morgan fingerprint density at radius 2 is 1.95 bits per heavy atom. The quantitative estimate of drug-likeness (QED) is 0.891. The molecule has 1 unspecified atom stereocenters. The topological polar surface area (TPSA) is 66.6 Å². The highest BCUT2D eigenvalue weighted by Crippen LogP contribution is 2.22. The van der Waals surface area contributed by atoms with Gasteiger partial charge < -0.3 is 5.73 Å². The number of hydrogen-bond acceptors (Lipinski definition) is 4. The van der Waals surface area contributed by atoms with Gasteiger partial charge in [0.25, 0.3) is 0 Å².